The average molecular weight is 639 g/mol. The van der Waals surface area contributed by atoms with E-state index in [1.807, 2.05) is 19.1 Å². The molecule has 8 nitrogen and oxygen atoms in total. The van der Waals surface area contributed by atoms with Crippen molar-refractivity contribution in [2.45, 2.75) is 71.3 Å². The third-order valence-corrected chi connectivity index (χ3v) is 8.66. The molecule has 5 rings (SSSR count). The number of nitrogens with one attached hydrogen (secondary N) is 2. The molecule has 2 N–H and O–H groups in total. The van der Waals surface area contributed by atoms with Gasteiger partial charge < -0.3 is 25.0 Å². The van der Waals surface area contributed by atoms with E-state index in [1.54, 1.807) is 51.2 Å². The van der Waals surface area contributed by atoms with Crippen LogP contribution in [0.3, 0.4) is 0 Å². The van der Waals surface area contributed by atoms with E-state index < -0.39 is 23.4 Å². The van der Waals surface area contributed by atoms with Crippen LogP contribution in [0.25, 0.3) is 11.1 Å². The molecule has 0 bridgehead atoms. The second kappa shape index (κ2) is 13.3. The van der Waals surface area contributed by atoms with Gasteiger partial charge in [-0.1, -0.05) is 30.3 Å². The Morgan fingerprint density at radius 3 is 2.41 bits per heavy atom. The van der Waals surface area contributed by atoms with Crippen LogP contribution in [0.5, 0.6) is 0 Å². The molecule has 0 radical (unpaired) electrons. The number of alkyl halides is 3. The van der Waals surface area contributed by atoms with E-state index in [1.165, 1.54) is 6.07 Å². The van der Waals surface area contributed by atoms with Crippen molar-refractivity contribution in [2.24, 2.45) is 5.41 Å². The number of rotatable bonds is 7. The highest BCUT2D eigenvalue weighted by Gasteiger charge is 2.39. The summed E-state index contributed by atoms with van der Waals surface area (Å²) in [5, 5.41) is 5.61. The summed E-state index contributed by atoms with van der Waals surface area (Å²) in [5.41, 5.74) is 2.20. The Balaban J connectivity index is 1.27. The lowest BCUT2D eigenvalue weighted by Gasteiger charge is -2.33. The fourth-order valence-corrected chi connectivity index (χ4v) is 6.07. The van der Waals surface area contributed by atoms with Gasteiger partial charge in [-0.05, 0) is 98.9 Å². The van der Waals surface area contributed by atoms with Gasteiger partial charge in [0, 0.05) is 44.7 Å². The molecule has 11 heteroatoms. The molecular weight excluding hydrogens is 597 g/mol. The Hall–Kier alpha value is -4.12. The largest absolute Gasteiger partial charge is 0.444 e. The number of carbonyl (C=O) groups excluding carboxylic acids is 2. The van der Waals surface area contributed by atoms with Gasteiger partial charge in [0.2, 0.25) is 0 Å². The zero-order valence-corrected chi connectivity index (χ0v) is 26.7. The molecule has 46 heavy (non-hydrogen) atoms. The monoisotopic (exact) mass is 638 g/mol. The molecule has 0 saturated carbocycles. The maximum Gasteiger partial charge on any atom is 0.416 e. The number of pyridine rings is 1. The summed E-state index contributed by atoms with van der Waals surface area (Å²) in [6.07, 6.45) is -0.330. The smallest absolute Gasteiger partial charge is 0.416 e. The third kappa shape index (κ3) is 8.17. The van der Waals surface area contributed by atoms with Crippen LogP contribution in [0.15, 0.2) is 60.8 Å². The number of benzene rings is 2. The fraction of sp³-hybridized carbons (Fsp3) is 0.457. The van der Waals surface area contributed by atoms with Crippen LogP contribution in [-0.4, -0.2) is 48.9 Å². The van der Waals surface area contributed by atoms with Crippen molar-refractivity contribution < 1.29 is 32.2 Å². The average Bonchev–Trinajstić information content (AvgIpc) is 3.42. The lowest BCUT2D eigenvalue weighted by Crippen LogP contribution is -2.33. The summed E-state index contributed by atoms with van der Waals surface area (Å²) >= 11 is 0. The van der Waals surface area contributed by atoms with Crippen molar-refractivity contribution in [1.29, 1.82) is 0 Å². The maximum atomic E-state index is 13.6. The van der Waals surface area contributed by atoms with Crippen molar-refractivity contribution in [3.63, 3.8) is 0 Å². The van der Waals surface area contributed by atoms with E-state index in [0.29, 0.717) is 22.4 Å². The van der Waals surface area contributed by atoms with E-state index in [2.05, 4.69) is 20.5 Å². The maximum absolute atomic E-state index is 13.6. The van der Waals surface area contributed by atoms with E-state index in [0.717, 1.165) is 68.9 Å². The number of carbonyl (C=O) groups is 2. The molecule has 0 unspecified atom stereocenters. The summed E-state index contributed by atoms with van der Waals surface area (Å²) < 4.78 is 51.6. The van der Waals surface area contributed by atoms with Gasteiger partial charge in [-0.25, -0.2) is 4.79 Å². The molecule has 2 fully saturated rings. The summed E-state index contributed by atoms with van der Waals surface area (Å²) in [7, 11) is 0. The molecule has 2 aromatic carbocycles. The van der Waals surface area contributed by atoms with Crippen LogP contribution >= 0.6 is 0 Å². The number of aromatic nitrogens is 1. The van der Waals surface area contributed by atoms with Crippen LogP contribution in [-0.2, 0) is 22.2 Å². The number of nitrogens with zero attached hydrogens (tertiary/aromatic N) is 2. The van der Waals surface area contributed by atoms with Gasteiger partial charge in [-0.15, -0.1) is 0 Å². The first-order chi connectivity index (χ1) is 21.7. The predicted octanol–water partition coefficient (Wildman–Crippen LogP) is 7.29. The molecule has 2 amide bonds. The molecule has 2 saturated heterocycles. The van der Waals surface area contributed by atoms with Gasteiger partial charge in [0.25, 0.3) is 5.91 Å². The van der Waals surface area contributed by atoms with Gasteiger partial charge in [-0.3, -0.25) is 9.78 Å². The number of ether oxygens (including phenoxy) is 2. The number of anilines is 1. The highest BCUT2D eigenvalue weighted by molar-refractivity contribution is 5.93. The van der Waals surface area contributed by atoms with E-state index >= 15 is 0 Å². The standard InChI is InChI=1S/C35H41F3N4O4/c1-23(41-31(43)30-20-28(11-15-39-30)42-16-12-34(22-42)13-17-45-18-14-34)24-5-7-25(8-6-24)29-19-27(35(36,37)38)10-9-26(29)21-40-32(44)46-33(2,3)4/h5-11,15,19-20,23H,12-14,16-18,21-22H2,1-4H3,(H,40,44)(H,41,43)/t23-/m1/s1. The molecule has 1 spiro atoms. The Morgan fingerprint density at radius 2 is 1.74 bits per heavy atom. The van der Waals surface area contributed by atoms with Gasteiger partial charge in [0.15, 0.2) is 0 Å². The third-order valence-electron chi connectivity index (χ3n) is 8.66. The molecule has 1 atom stereocenters. The highest BCUT2D eigenvalue weighted by Crippen LogP contribution is 2.41. The van der Waals surface area contributed by atoms with Gasteiger partial charge in [0.05, 0.1) is 11.6 Å². The zero-order chi connectivity index (χ0) is 33.1. The summed E-state index contributed by atoms with van der Waals surface area (Å²) in [4.78, 5) is 32.0. The van der Waals surface area contributed by atoms with Gasteiger partial charge >= 0.3 is 12.3 Å². The molecule has 3 aromatic rings. The van der Waals surface area contributed by atoms with Gasteiger partial charge in [0.1, 0.15) is 11.3 Å². The number of alkyl carbamates (subject to hydrolysis) is 1. The second-order valence-corrected chi connectivity index (χ2v) is 13.2. The zero-order valence-electron chi connectivity index (χ0n) is 26.7. The van der Waals surface area contributed by atoms with Crippen LogP contribution in [0.4, 0.5) is 23.7 Å². The number of halogens is 3. The second-order valence-electron chi connectivity index (χ2n) is 13.2. The summed E-state index contributed by atoms with van der Waals surface area (Å²) in [6.45, 7) is 10.5. The van der Waals surface area contributed by atoms with E-state index in [-0.39, 0.29) is 23.9 Å². The molecular formula is C35H41F3N4O4. The quantitative estimate of drug-likeness (QED) is 0.283. The number of amides is 2. The van der Waals surface area contributed by atoms with Crippen molar-refractivity contribution in [3.05, 3.63) is 83.2 Å². The number of hydrogen-bond donors (Lipinski definition) is 2. The molecule has 3 heterocycles. The summed E-state index contributed by atoms with van der Waals surface area (Å²) in [5.74, 6) is -0.313. The Labute approximate surface area is 267 Å². The first-order valence-electron chi connectivity index (χ1n) is 15.6. The Bertz CT molecular complexity index is 1550. The van der Waals surface area contributed by atoms with E-state index in [4.69, 9.17) is 9.47 Å². The normalized spacial score (nSPS) is 17.1. The van der Waals surface area contributed by atoms with Crippen LogP contribution in [0.2, 0.25) is 0 Å². The molecule has 246 valence electrons. The Morgan fingerprint density at radius 1 is 1.02 bits per heavy atom. The summed E-state index contributed by atoms with van der Waals surface area (Å²) in [6, 6.07) is 13.8. The van der Waals surface area contributed by atoms with Crippen LogP contribution < -0.4 is 15.5 Å². The Kier molecular flexibility index (Phi) is 9.62. The SMILES string of the molecule is C[C@@H](NC(=O)c1cc(N2CCC3(CCOCC3)C2)ccn1)c1ccc(-c2cc(C(F)(F)F)ccc2CNC(=O)OC(C)(C)C)cc1. The first-order valence-corrected chi connectivity index (χ1v) is 15.6. The van der Waals surface area contributed by atoms with Crippen molar-refractivity contribution >= 4 is 17.7 Å². The topological polar surface area (TPSA) is 92.8 Å². The lowest BCUT2D eigenvalue weighted by atomic mass is 9.80. The first kappa shape index (κ1) is 33.2. The van der Waals surface area contributed by atoms with Gasteiger partial charge in [-0.2, -0.15) is 13.2 Å². The molecule has 2 aliphatic rings. The fourth-order valence-electron chi connectivity index (χ4n) is 6.07. The molecule has 1 aromatic heterocycles. The number of hydrogen-bond acceptors (Lipinski definition) is 6. The van der Waals surface area contributed by atoms with Crippen LogP contribution in [0.1, 0.15) is 80.2 Å². The van der Waals surface area contributed by atoms with Crippen LogP contribution in [0, 0.1) is 5.41 Å². The minimum absolute atomic E-state index is 0.0184. The molecule has 2 aliphatic heterocycles. The van der Waals surface area contributed by atoms with Crippen molar-refractivity contribution in [3.8, 4) is 11.1 Å². The predicted molar refractivity (Wildman–Crippen MR) is 169 cm³/mol. The molecule has 0 aliphatic carbocycles. The van der Waals surface area contributed by atoms with Crippen molar-refractivity contribution in [2.75, 3.05) is 31.2 Å². The highest BCUT2D eigenvalue weighted by atomic mass is 19.4. The van der Waals surface area contributed by atoms with E-state index in [9.17, 15) is 22.8 Å². The van der Waals surface area contributed by atoms with Crippen molar-refractivity contribution in [1.82, 2.24) is 15.6 Å². The minimum Gasteiger partial charge on any atom is -0.444 e. The lowest BCUT2D eigenvalue weighted by molar-refractivity contribution is -0.137. The minimum atomic E-state index is -4.53.